The predicted octanol–water partition coefficient (Wildman–Crippen LogP) is -14.5. The highest BCUT2D eigenvalue weighted by Crippen LogP contribution is 2.35. The molecule has 0 unspecified atom stereocenters. The predicted molar refractivity (Wildman–Crippen MR) is 201 cm³/mol. The van der Waals surface area contributed by atoms with Crippen molar-refractivity contribution >= 4 is 0 Å². The van der Waals surface area contributed by atoms with Crippen LogP contribution in [0, 0.1) is 0 Å². The lowest BCUT2D eigenvalue weighted by molar-refractivity contribution is -0.390. The fourth-order valence-corrected chi connectivity index (χ4v) is 7.94. The molecule has 5 aliphatic rings. The molecule has 0 spiro atoms. The smallest absolute Gasteiger partial charge is 0.187 e. The van der Waals surface area contributed by atoms with Crippen LogP contribution in [-0.4, -0.2) is 331 Å². The normalized spacial score (nSPS) is 48.4. The Labute approximate surface area is 378 Å². The summed E-state index contributed by atoms with van der Waals surface area (Å²) in [5.74, 6) is 0. The highest BCUT2D eigenvalue weighted by Gasteiger charge is 2.55. The van der Waals surface area contributed by atoms with E-state index in [2.05, 4.69) is 0 Å². The summed E-state index contributed by atoms with van der Waals surface area (Å²) in [7, 11) is 0. The molecule has 5 heterocycles. The molecule has 0 bridgehead atoms. The van der Waals surface area contributed by atoms with E-state index >= 15 is 0 Å². The number of aliphatic hydroxyl groups excluding tert-OH is 21. The summed E-state index contributed by atoms with van der Waals surface area (Å²) < 4.78 is 54.9. The fourth-order valence-electron chi connectivity index (χ4n) is 7.94. The van der Waals surface area contributed by atoms with Crippen molar-refractivity contribution in [1.29, 1.82) is 0 Å². The van der Waals surface area contributed by atoms with Gasteiger partial charge in [-0.05, 0) is 0 Å². The number of hydrogen-bond donors (Lipinski definition) is 21. The molecule has 5 rings (SSSR count). The first-order valence-corrected chi connectivity index (χ1v) is 21.1. The van der Waals surface area contributed by atoms with Crippen LogP contribution >= 0.6 is 0 Å². The van der Waals surface area contributed by atoms with E-state index in [0.29, 0.717) is 0 Å². The van der Waals surface area contributed by atoms with Gasteiger partial charge in [0.15, 0.2) is 31.5 Å². The van der Waals surface area contributed by atoms with Crippen molar-refractivity contribution in [2.45, 2.75) is 178 Å². The van der Waals surface area contributed by atoms with Crippen LogP contribution in [0.25, 0.3) is 0 Å². The molecule has 29 atom stereocenters. The van der Waals surface area contributed by atoms with Crippen LogP contribution in [0.4, 0.5) is 0 Å². The molecule has 5 aliphatic heterocycles. The molecule has 67 heavy (non-hydrogen) atoms. The van der Waals surface area contributed by atoms with E-state index in [9.17, 15) is 107 Å². The van der Waals surface area contributed by atoms with Gasteiger partial charge in [0.25, 0.3) is 0 Å². The SMILES string of the molecule is OC[C@H]1O[C@H](O[C@@H]2[C@H](O)[C@@H](O[C@@H]3[C@@H](O[C@H](CO)[C@@H](O)[C@H](O)[C@H](O)CO[C@H]4O[C@H](CO)[C@@H](O)[C@H](O)[C@@H]4O[C@H]4O[C@H](CO)[C@@H](O)[C@H](O)[C@@H]4O)O[C@H](CO)[C@@H](O)[C@@H]3O)O[C@H](CO)[C@H]2O)[C@@H](O)[C@@H](O)[C@@H]1O. The Bertz CT molecular complexity index is 1460. The molecule has 0 saturated carbocycles. The van der Waals surface area contributed by atoms with Gasteiger partial charge in [0.05, 0.1) is 46.2 Å². The van der Waals surface area contributed by atoms with Crippen LogP contribution in [0.3, 0.4) is 0 Å². The molecule has 5 fully saturated rings. The number of hydrogen-bond acceptors (Lipinski definition) is 31. The molecule has 21 N–H and O–H groups in total. The lowest BCUT2D eigenvalue weighted by Crippen LogP contribution is -2.67. The summed E-state index contributed by atoms with van der Waals surface area (Å²) in [6.07, 6.45) is -56.8. The number of aliphatic hydroxyl groups is 21. The number of rotatable bonds is 20. The Kier molecular flexibility index (Phi) is 21.1. The second-order valence-electron chi connectivity index (χ2n) is 16.6. The monoisotopic (exact) mass is 992 g/mol. The highest BCUT2D eigenvalue weighted by atomic mass is 16.8. The molecule has 0 aliphatic carbocycles. The average Bonchev–Trinajstić information content (AvgIpc) is 3.32. The molecular weight excluding hydrogens is 928 g/mol. The maximum absolute atomic E-state index is 11.3. The van der Waals surface area contributed by atoms with Crippen molar-refractivity contribution in [1.82, 2.24) is 0 Å². The third kappa shape index (κ3) is 12.3. The van der Waals surface area contributed by atoms with E-state index in [1.165, 1.54) is 0 Å². The fraction of sp³-hybridized carbons (Fsp3) is 1.00. The summed E-state index contributed by atoms with van der Waals surface area (Å²) in [4.78, 5) is 0. The molecule has 0 aromatic heterocycles. The summed E-state index contributed by atoms with van der Waals surface area (Å²) in [6.45, 7) is -6.99. The van der Waals surface area contributed by atoms with Gasteiger partial charge in [-0.25, -0.2) is 0 Å². The summed E-state index contributed by atoms with van der Waals surface area (Å²) in [6, 6.07) is 0. The van der Waals surface area contributed by atoms with Crippen molar-refractivity contribution < 1.29 is 155 Å². The third-order valence-corrected chi connectivity index (χ3v) is 12.1. The Morgan fingerprint density at radius 2 is 0.687 bits per heavy atom. The first kappa shape index (κ1) is 56.7. The lowest BCUT2D eigenvalue weighted by atomic mass is 9.96. The van der Waals surface area contributed by atoms with Gasteiger partial charge in [-0.15, -0.1) is 0 Å². The topological polar surface area (TPSA) is 517 Å². The van der Waals surface area contributed by atoms with Crippen LogP contribution < -0.4 is 0 Å². The van der Waals surface area contributed by atoms with E-state index in [1.54, 1.807) is 0 Å². The standard InChI is InChI=1S/C36H64O31/c37-1-9(16(45)15(44)8(43)7-58-35-30(24(53)19(48)12(4-40)62-35)66-33-27(56)23(52)18(47)11(3-39)60-33)63-36-31(25(54)20(49)13(5-41)64-36)67-34-28(57)29(21(50)14(6-42)61-34)65-32-26(55)22(51)17(46)10(2-38)59-32/h8-57H,1-7H2/t8-,9-,10-,11-,12-,13-,14-,15-,16-,17-,18-,19-,20-,21-,22+,23+,24+,25+,26+,27+,28+,29+,30+,31+,32-,33-,34-,35+,36+/m1/s1. The Hall–Kier alpha value is -1.24. The summed E-state index contributed by atoms with van der Waals surface area (Å²) in [5, 5.41) is 219. The van der Waals surface area contributed by atoms with Crippen LogP contribution in [0.15, 0.2) is 0 Å². The minimum atomic E-state index is -2.38. The zero-order valence-corrected chi connectivity index (χ0v) is 35.2. The maximum atomic E-state index is 11.3. The van der Waals surface area contributed by atoms with Crippen molar-refractivity contribution in [3.05, 3.63) is 0 Å². The van der Waals surface area contributed by atoms with Gasteiger partial charge >= 0.3 is 0 Å². The molecule has 31 heteroatoms. The average molecular weight is 993 g/mol. The Balaban J connectivity index is 1.29. The van der Waals surface area contributed by atoms with E-state index < -0.39 is 224 Å². The lowest BCUT2D eigenvalue weighted by Gasteiger charge is -2.48. The summed E-state index contributed by atoms with van der Waals surface area (Å²) >= 11 is 0. The first-order valence-electron chi connectivity index (χ1n) is 21.1. The molecule has 394 valence electrons. The van der Waals surface area contributed by atoms with Crippen LogP contribution in [-0.2, 0) is 47.4 Å². The molecule has 0 aromatic carbocycles. The Morgan fingerprint density at radius 3 is 1.10 bits per heavy atom. The van der Waals surface area contributed by atoms with Gasteiger partial charge in [0.2, 0.25) is 0 Å². The quantitative estimate of drug-likeness (QED) is 0.0538. The van der Waals surface area contributed by atoms with E-state index in [4.69, 9.17) is 47.4 Å². The molecule has 5 saturated heterocycles. The van der Waals surface area contributed by atoms with Gasteiger partial charge in [0.1, 0.15) is 146 Å². The van der Waals surface area contributed by atoms with Crippen molar-refractivity contribution in [2.75, 3.05) is 46.2 Å². The highest BCUT2D eigenvalue weighted by molar-refractivity contribution is 4.98. The van der Waals surface area contributed by atoms with Crippen LogP contribution in [0.2, 0.25) is 0 Å². The van der Waals surface area contributed by atoms with Gasteiger partial charge < -0.3 is 155 Å². The Morgan fingerprint density at radius 1 is 0.343 bits per heavy atom. The minimum Gasteiger partial charge on any atom is -0.394 e. The van der Waals surface area contributed by atoms with E-state index in [1.807, 2.05) is 0 Å². The molecule has 0 radical (unpaired) electrons. The largest absolute Gasteiger partial charge is 0.394 e. The van der Waals surface area contributed by atoms with Crippen LogP contribution in [0.5, 0.6) is 0 Å². The number of ether oxygens (including phenoxy) is 10. The second kappa shape index (κ2) is 24.9. The van der Waals surface area contributed by atoms with Crippen LogP contribution in [0.1, 0.15) is 0 Å². The minimum absolute atomic E-state index is 0.874. The van der Waals surface area contributed by atoms with Crippen molar-refractivity contribution in [2.24, 2.45) is 0 Å². The zero-order valence-electron chi connectivity index (χ0n) is 35.2. The van der Waals surface area contributed by atoms with Gasteiger partial charge in [0, 0.05) is 0 Å². The summed E-state index contributed by atoms with van der Waals surface area (Å²) in [5.41, 5.74) is 0. The van der Waals surface area contributed by atoms with Crippen molar-refractivity contribution in [3.8, 4) is 0 Å². The second-order valence-corrected chi connectivity index (χ2v) is 16.6. The van der Waals surface area contributed by atoms with E-state index in [-0.39, 0.29) is 0 Å². The molecular formula is C36H64O31. The van der Waals surface area contributed by atoms with Crippen molar-refractivity contribution in [3.63, 3.8) is 0 Å². The maximum Gasteiger partial charge on any atom is 0.187 e. The van der Waals surface area contributed by atoms with Gasteiger partial charge in [-0.1, -0.05) is 0 Å². The van der Waals surface area contributed by atoms with Gasteiger partial charge in [-0.2, -0.15) is 0 Å². The molecule has 31 nitrogen and oxygen atoms in total. The third-order valence-electron chi connectivity index (χ3n) is 12.1. The molecule has 0 amide bonds. The first-order chi connectivity index (χ1) is 31.7. The zero-order chi connectivity index (χ0) is 49.8. The van der Waals surface area contributed by atoms with E-state index in [0.717, 1.165) is 0 Å². The molecule has 0 aromatic rings. The van der Waals surface area contributed by atoms with Gasteiger partial charge in [-0.3, -0.25) is 0 Å².